The number of aromatic nitrogens is 1. The molecule has 0 atom stereocenters. The van der Waals surface area contributed by atoms with Gasteiger partial charge in [-0.25, -0.2) is 4.98 Å². The minimum Gasteiger partial charge on any atom is -0.490 e. The Labute approximate surface area is 106 Å². The van der Waals surface area contributed by atoms with Gasteiger partial charge >= 0.3 is 0 Å². The van der Waals surface area contributed by atoms with E-state index in [0.29, 0.717) is 0 Å². The van der Waals surface area contributed by atoms with E-state index in [1.807, 2.05) is 50.2 Å². The number of benzene rings is 2. The third kappa shape index (κ3) is 1.80. The van der Waals surface area contributed by atoms with Crippen molar-refractivity contribution in [1.82, 2.24) is 4.98 Å². The van der Waals surface area contributed by atoms with E-state index in [1.54, 1.807) is 0 Å². The van der Waals surface area contributed by atoms with Crippen molar-refractivity contribution < 1.29 is 4.74 Å². The molecular formula is C16H15NO. The van der Waals surface area contributed by atoms with E-state index in [0.717, 1.165) is 27.6 Å². The van der Waals surface area contributed by atoms with Crippen LogP contribution in [-0.2, 0) is 0 Å². The van der Waals surface area contributed by atoms with E-state index in [4.69, 9.17) is 4.74 Å². The van der Waals surface area contributed by atoms with Gasteiger partial charge in [0.2, 0.25) is 0 Å². The fourth-order valence-corrected chi connectivity index (χ4v) is 2.16. The average molecular weight is 237 g/mol. The first-order valence-corrected chi connectivity index (χ1v) is 6.20. The average Bonchev–Trinajstić information content (AvgIpc) is 2.38. The minimum atomic E-state index is 0.152. The Kier molecular flexibility index (Phi) is 2.63. The SMILES string of the molecule is CC(C)Oc1c2ccccc2nc2ccccc12. The molecule has 3 aromatic rings. The largest absolute Gasteiger partial charge is 0.490 e. The van der Waals surface area contributed by atoms with Crippen LogP contribution in [0.25, 0.3) is 21.8 Å². The number of fused-ring (bicyclic) bond motifs is 2. The van der Waals surface area contributed by atoms with Gasteiger partial charge < -0.3 is 4.74 Å². The van der Waals surface area contributed by atoms with Crippen molar-refractivity contribution in [3.63, 3.8) is 0 Å². The molecule has 90 valence electrons. The van der Waals surface area contributed by atoms with Crippen molar-refractivity contribution in [2.45, 2.75) is 20.0 Å². The molecule has 1 aromatic heterocycles. The highest BCUT2D eigenvalue weighted by Gasteiger charge is 2.10. The Morgan fingerprint density at radius 3 is 1.83 bits per heavy atom. The second kappa shape index (κ2) is 4.30. The number of para-hydroxylation sites is 2. The molecule has 0 N–H and O–H groups in total. The summed E-state index contributed by atoms with van der Waals surface area (Å²) in [7, 11) is 0. The van der Waals surface area contributed by atoms with Crippen LogP contribution in [0.4, 0.5) is 0 Å². The third-order valence-electron chi connectivity index (χ3n) is 2.89. The van der Waals surface area contributed by atoms with Crippen molar-refractivity contribution in [3.8, 4) is 5.75 Å². The van der Waals surface area contributed by atoms with E-state index in [1.165, 1.54) is 0 Å². The first kappa shape index (κ1) is 11.0. The molecule has 0 radical (unpaired) electrons. The fraction of sp³-hybridized carbons (Fsp3) is 0.188. The van der Waals surface area contributed by atoms with Gasteiger partial charge in [0.1, 0.15) is 5.75 Å². The Morgan fingerprint density at radius 1 is 0.833 bits per heavy atom. The van der Waals surface area contributed by atoms with Crippen LogP contribution in [-0.4, -0.2) is 11.1 Å². The molecule has 0 fully saturated rings. The van der Waals surface area contributed by atoms with E-state index in [-0.39, 0.29) is 6.10 Å². The highest BCUT2D eigenvalue weighted by molar-refractivity contribution is 6.00. The number of hydrogen-bond acceptors (Lipinski definition) is 2. The third-order valence-corrected chi connectivity index (χ3v) is 2.89. The van der Waals surface area contributed by atoms with Gasteiger partial charge in [0.15, 0.2) is 0 Å². The Bertz CT molecular complexity index is 650. The molecule has 0 saturated heterocycles. The molecule has 0 spiro atoms. The van der Waals surface area contributed by atoms with Crippen LogP contribution in [0, 0.1) is 0 Å². The maximum Gasteiger partial charge on any atom is 0.138 e. The van der Waals surface area contributed by atoms with Gasteiger partial charge in [-0.1, -0.05) is 24.3 Å². The standard InChI is InChI=1S/C16H15NO/c1-11(2)18-16-12-7-3-5-9-14(12)17-15-10-6-4-8-13(15)16/h3-11H,1-2H3. The summed E-state index contributed by atoms with van der Waals surface area (Å²) in [6.07, 6.45) is 0.152. The van der Waals surface area contributed by atoms with Crippen LogP contribution in [0.15, 0.2) is 48.5 Å². The van der Waals surface area contributed by atoms with E-state index >= 15 is 0 Å². The summed E-state index contributed by atoms with van der Waals surface area (Å²) in [5, 5.41) is 2.15. The number of rotatable bonds is 2. The second-order valence-electron chi connectivity index (χ2n) is 4.64. The summed E-state index contributed by atoms with van der Waals surface area (Å²) >= 11 is 0. The predicted octanol–water partition coefficient (Wildman–Crippen LogP) is 4.18. The van der Waals surface area contributed by atoms with Gasteiger partial charge in [0.25, 0.3) is 0 Å². The summed E-state index contributed by atoms with van der Waals surface area (Å²) < 4.78 is 6.00. The zero-order valence-electron chi connectivity index (χ0n) is 10.6. The van der Waals surface area contributed by atoms with Crippen molar-refractivity contribution in [3.05, 3.63) is 48.5 Å². The monoisotopic (exact) mass is 237 g/mol. The fourth-order valence-electron chi connectivity index (χ4n) is 2.16. The molecule has 2 aromatic carbocycles. The lowest BCUT2D eigenvalue weighted by atomic mass is 10.1. The Hall–Kier alpha value is -2.09. The molecule has 18 heavy (non-hydrogen) atoms. The topological polar surface area (TPSA) is 22.1 Å². The molecule has 2 heteroatoms. The molecule has 0 bridgehead atoms. The highest BCUT2D eigenvalue weighted by atomic mass is 16.5. The van der Waals surface area contributed by atoms with Crippen LogP contribution in [0.5, 0.6) is 5.75 Å². The molecule has 0 aliphatic carbocycles. The van der Waals surface area contributed by atoms with Crippen molar-refractivity contribution in [2.75, 3.05) is 0 Å². The lowest BCUT2D eigenvalue weighted by Gasteiger charge is -2.14. The Balaban J connectivity index is 2.41. The maximum absolute atomic E-state index is 6.00. The number of ether oxygens (including phenoxy) is 1. The molecule has 0 saturated carbocycles. The van der Waals surface area contributed by atoms with E-state index in [2.05, 4.69) is 17.1 Å². The van der Waals surface area contributed by atoms with Gasteiger partial charge in [-0.05, 0) is 38.1 Å². The summed E-state index contributed by atoms with van der Waals surface area (Å²) in [6.45, 7) is 4.09. The van der Waals surface area contributed by atoms with Crippen LogP contribution >= 0.6 is 0 Å². The molecule has 0 unspecified atom stereocenters. The van der Waals surface area contributed by atoms with Gasteiger partial charge in [0.05, 0.1) is 17.1 Å². The molecule has 2 nitrogen and oxygen atoms in total. The zero-order valence-corrected chi connectivity index (χ0v) is 10.6. The van der Waals surface area contributed by atoms with E-state index in [9.17, 15) is 0 Å². The van der Waals surface area contributed by atoms with Gasteiger partial charge in [-0.2, -0.15) is 0 Å². The molecule has 3 rings (SSSR count). The lowest BCUT2D eigenvalue weighted by molar-refractivity contribution is 0.248. The number of nitrogens with zero attached hydrogens (tertiary/aromatic N) is 1. The summed E-state index contributed by atoms with van der Waals surface area (Å²) in [5.74, 6) is 0.936. The number of pyridine rings is 1. The molecule has 1 heterocycles. The predicted molar refractivity (Wildman–Crippen MR) is 75.0 cm³/mol. The number of hydrogen-bond donors (Lipinski definition) is 0. The lowest BCUT2D eigenvalue weighted by Crippen LogP contribution is -2.06. The quantitative estimate of drug-likeness (QED) is 0.624. The normalized spacial score (nSPS) is 11.3. The Morgan fingerprint density at radius 2 is 1.33 bits per heavy atom. The summed E-state index contributed by atoms with van der Waals surface area (Å²) in [4.78, 5) is 4.67. The molecule has 0 aliphatic rings. The molecular weight excluding hydrogens is 222 g/mol. The van der Waals surface area contributed by atoms with Crippen LogP contribution in [0.1, 0.15) is 13.8 Å². The summed E-state index contributed by atoms with van der Waals surface area (Å²) in [6, 6.07) is 16.2. The maximum atomic E-state index is 6.00. The first-order chi connectivity index (χ1) is 8.75. The zero-order chi connectivity index (χ0) is 12.5. The second-order valence-corrected chi connectivity index (χ2v) is 4.64. The smallest absolute Gasteiger partial charge is 0.138 e. The molecule has 0 aliphatic heterocycles. The molecule has 0 amide bonds. The van der Waals surface area contributed by atoms with Crippen molar-refractivity contribution in [2.24, 2.45) is 0 Å². The van der Waals surface area contributed by atoms with Crippen LogP contribution < -0.4 is 4.74 Å². The minimum absolute atomic E-state index is 0.152. The summed E-state index contributed by atoms with van der Waals surface area (Å²) in [5.41, 5.74) is 1.96. The van der Waals surface area contributed by atoms with Crippen LogP contribution in [0.3, 0.4) is 0 Å². The van der Waals surface area contributed by atoms with Crippen molar-refractivity contribution in [1.29, 1.82) is 0 Å². The first-order valence-electron chi connectivity index (χ1n) is 6.20. The van der Waals surface area contributed by atoms with E-state index < -0.39 is 0 Å². The van der Waals surface area contributed by atoms with Crippen molar-refractivity contribution >= 4 is 21.8 Å². The highest BCUT2D eigenvalue weighted by Crippen LogP contribution is 2.33. The van der Waals surface area contributed by atoms with Gasteiger partial charge in [0, 0.05) is 10.8 Å². The van der Waals surface area contributed by atoms with Crippen LogP contribution in [0.2, 0.25) is 0 Å². The van der Waals surface area contributed by atoms with Gasteiger partial charge in [-0.3, -0.25) is 0 Å². The van der Waals surface area contributed by atoms with Gasteiger partial charge in [-0.15, -0.1) is 0 Å².